The number of ether oxygens (including phenoxy) is 1. The zero-order valence-electron chi connectivity index (χ0n) is 11.7. The van der Waals surface area contributed by atoms with Gasteiger partial charge in [0.2, 0.25) is 0 Å². The molecule has 1 atom stereocenters. The van der Waals surface area contributed by atoms with Crippen LogP contribution >= 0.6 is 11.6 Å². The Bertz CT molecular complexity index is 498. The molecule has 2 aromatic carbocycles. The summed E-state index contributed by atoms with van der Waals surface area (Å²) in [6.45, 7) is 2.22. The van der Waals surface area contributed by atoms with Gasteiger partial charge < -0.3 is 10.1 Å². The molecule has 0 aliphatic rings. The molecule has 20 heavy (non-hydrogen) atoms. The number of nitrogens with one attached hydrogen (secondary N) is 1. The van der Waals surface area contributed by atoms with Gasteiger partial charge in [-0.2, -0.15) is 0 Å². The molecule has 2 rings (SSSR count). The highest BCUT2D eigenvalue weighted by Crippen LogP contribution is 2.19. The van der Waals surface area contributed by atoms with Gasteiger partial charge in [-0.3, -0.25) is 0 Å². The van der Waals surface area contributed by atoms with Crippen molar-refractivity contribution in [1.82, 2.24) is 5.32 Å². The van der Waals surface area contributed by atoms with Gasteiger partial charge in [0.15, 0.2) is 0 Å². The van der Waals surface area contributed by atoms with Crippen molar-refractivity contribution in [1.29, 1.82) is 0 Å². The zero-order chi connectivity index (χ0) is 14.2. The highest BCUT2D eigenvalue weighted by Gasteiger charge is 2.11. The molecular weight excluding hydrogens is 270 g/mol. The minimum atomic E-state index is 0.334. The van der Waals surface area contributed by atoms with Crippen molar-refractivity contribution in [2.75, 3.05) is 20.2 Å². The van der Waals surface area contributed by atoms with Gasteiger partial charge in [0.1, 0.15) is 0 Å². The van der Waals surface area contributed by atoms with Crippen LogP contribution in [0.5, 0.6) is 0 Å². The number of benzene rings is 2. The molecule has 106 valence electrons. The summed E-state index contributed by atoms with van der Waals surface area (Å²) >= 11 is 5.93. The third kappa shape index (κ3) is 4.64. The smallest absolute Gasteiger partial charge is 0.0717 e. The van der Waals surface area contributed by atoms with Crippen molar-refractivity contribution < 1.29 is 4.74 Å². The van der Waals surface area contributed by atoms with Gasteiger partial charge in [0.25, 0.3) is 0 Å². The van der Waals surface area contributed by atoms with E-state index < -0.39 is 0 Å². The summed E-state index contributed by atoms with van der Waals surface area (Å²) in [5, 5.41) is 3.98. The molecule has 3 heteroatoms. The van der Waals surface area contributed by atoms with E-state index >= 15 is 0 Å². The van der Waals surface area contributed by atoms with E-state index in [1.54, 1.807) is 0 Å². The van der Waals surface area contributed by atoms with Crippen molar-refractivity contribution in [3.8, 4) is 0 Å². The Morgan fingerprint density at radius 1 is 1.05 bits per heavy atom. The maximum atomic E-state index is 5.93. The van der Waals surface area contributed by atoms with Crippen molar-refractivity contribution in [3.63, 3.8) is 0 Å². The molecule has 1 unspecified atom stereocenters. The Hall–Kier alpha value is -1.35. The molecule has 0 bridgehead atoms. The molecule has 0 aromatic heterocycles. The van der Waals surface area contributed by atoms with E-state index in [0.29, 0.717) is 19.1 Å². The van der Waals surface area contributed by atoms with Crippen LogP contribution in [0.4, 0.5) is 0 Å². The number of likely N-dealkylation sites (N-methyl/N-ethyl adjacent to an activating group) is 1. The minimum Gasteiger partial charge on any atom is -0.376 e. The first kappa shape index (κ1) is 15.0. The summed E-state index contributed by atoms with van der Waals surface area (Å²) in [5.74, 6) is 0.334. The molecule has 1 N–H and O–H groups in total. The lowest BCUT2D eigenvalue weighted by Crippen LogP contribution is -2.21. The molecule has 0 saturated carbocycles. The fourth-order valence-corrected chi connectivity index (χ4v) is 2.27. The first-order valence-electron chi connectivity index (χ1n) is 6.81. The summed E-state index contributed by atoms with van der Waals surface area (Å²) in [6, 6.07) is 18.2. The molecule has 2 nitrogen and oxygen atoms in total. The quantitative estimate of drug-likeness (QED) is 0.836. The van der Waals surface area contributed by atoms with Crippen molar-refractivity contribution in [2.45, 2.75) is 12.5 Å². The molecule has 0 saturated heterocycles. The highest BCUT2D eigenvalue weighted by molar-refractivity contribution is 6.30. The number of halogens is 1. The molecule has 0 fully saturated rings. The lowest BCUT2D eigenvalue weighted by Gasteiger charge is -2.17. The summed E-state index contributed by atoms with van der Waals surface area (Å²) in [7, 11) is 1.96. The highest BCUT2D eigenvalue weighted by atomic mass is 35.5. The Morgan fingerprint density at radius 2 is 1.75 bits per heavy atom. The first-order chi connectivity index (χ1) is 9.79. The van der Waals surface area contributed by atoms with Crippen LogP contribution in [-0.4, -0.2) is 20.2 Å². The molecule has 0 aliphatic carbocycles. The maximum absolute atomic E-state index is 5.93. The second-order valence-corrected chi connectivity index (χ2v) is 5.24. The molecule has 0 aliphatic heterocycles. The maximum Gasteiger partial charge on any atom is 0.0717 e. The van der Waals surface area contributed by atoms with Crippen molar-refractivity contribution in [2.24, 2.45) is 0 Å². The molecule has 0 radical (unpaired) electrons. The molecule has 0 spiro atoms. The van der Waals surface area contributed by atoms with Crippen LogP contribution in [0.1, 0.15) is 17.0 Å². The van der Waals surface area contributed by atoms with E-state index in [1.807, 2.05) is 37.4 Å². The van der Waals surface area contributed by atoms with Crippen LogP contribution in [0.15, 0.2) is 54.6 Å². The zero-order valence-corrected chi connectivity index (χ0v) is 12.4. The Morgan fingerprint density at radius 3 is 2.40 bits per heavy atom. The van der Waals surface area contributed by atoms with Crippen LogP contribution < -0.4 is 5.32 Å². The SMILES string of the molecule is CNCC(COCc1ccccc1)c1ccc(Cl)cc1. The standard InChI is InChI=1S/C17H20ClNO/c1-19-11-16(15-7-9-17(18)10-8-15)13-20-12-14-5-3-2-4-6-14/h2-10,16,19H,11-13H2,1H3. The van der Waals surface area contributed by atoms with Gasteiger partial charge in [0.05, 0.1) is 13.2 Å². The summed E-state index contributed by atoms with van der Waals surface area (Å²) in [4.78, 5) is 0. The molecule has 0 heterocycles. The largest absolute Gasteiger partial charge is 0.376 e. The summed E-state index contributed by atoms with van der Waals surface area (Å²) < 4.78 is 5.85. The number of rotatable bonds is 7. The lowest BCUT2D eigenvalue weighted by atomic mass is 10.00. The fourth-order valence-electron chi connectivity index (χ4n) is 2.15. The van der Waals surface area contributed by atoms with Crippen molar-refractivity contribution >= 4 is 11.6 Å². The molecule has 0 amide bonds. The predicted molar refractivity (Wildman–Crippen MR) is 84.2 cm³/mol. The predicted octanol–water partition coefficient (Wildman–Crippen LogP) is 3.86. The fraction of sp³-hybridized carbons (Fsp3) is 0.294. The topological polar surface area (TPSA) is 21.3 Å². The van der Waals surface area contributed by atoms with E-state index in [1.165, 1.54) is 11.1 Å². The van der Waals surface area contributed by atoms with Gasteiger partial charge in [-0.15, -0.1) is 0 Å². The Kier molecular flexibility index (Phi) is 6.06. The molecule has 2 aromatic rings. The second kappa shape index (κ2) is 8.05. The lowest BCUT2D eigenvalue weighted by molar-refractivity contribution is 0.107. The Balaban J connectivity index is 1.90. The van der Waals surface area contributed by atoms with Gasteiger partial charge in [0, 0.05) is 17.5 Å². The third-order valence-corrected chi connectivity index (χ3v) is 3.47. The first-order valence-corrected chi connectivity index (χ1v) is 7.19. The van der Waals surface area contributed by atoms with E-state index in [2.05, 4.69) is 29.6 Å². The summed E-state index contributed by atoms with van der Waals surface area (Å²) in [5.41, 5.74) is 2.45. The normalized spacial score (nSPS) is 12.3. The van der Waals surface area contributed by atoms with Crippen molar-refractivity contribution in [3.05, 3.63) is 70.7 Å². The number of hydrogen-bond donors (Lipinski definition) is 1. The van der Waals surface area contributed by atoms with Crippen LogP contribution in [0.2, 0.25) is 5.02 Å². The van der Waals surface area contributed by atoms with Crippen LogP contribution in [-0.2, 0) is 11.3 Å². The van der Waals surface area contributed by atoms with Gasteiger partial charge in [-0.1, -0.05) is 54.1 Å². The van der Waals surface area contributed by atoms with E-state index in [-0.39, 0.29) is 0 Å². The third-order valence-electron chi connectivity index (χ3n) is 3.22. The van der Waals surface area contributed by atoms with Gasteiger partial charge >= 0.3 is 0 Å². The molecular formula is C17H20ClNO. The van der Waals surface area contributed by atoms with E-state index in [0.717, 1.165) is 11.6 Å². The van der Waals surface area contributed by atoms with Gasteiger partial charge in [-0.05, 0) is 30.3 Å². The Labute approximate surface area is 125 Å². The number of hydrogen-bond acceptors (Lipinski definition) is 2. The minimum absolute atomic E-state index is 0.334. The van der Waals surface area contributed by atoms with E-state index in [9.17, 15) is 0 Å². The summed E-state index contributed by atoms with van der Waals surface area (Å²) in [6.07, 6.45) is 0. The second-order valence-electron chi connectivity index (χ2n) is 4.81. The average molecular weight is 290 g/mol. The van der Waals surface area contributed by atoms with Crippen LogP contribution in [0.3, 0.4) is 0 Å². The van der Waals surface area contributed by atoms with Gasteiger partial charge in [-0.25, -0.2) is 0 Å². The van der Waals surface area contributed by atoms with E-state index in [4.69, 9.17) is 16.3 Å². The van der Waals surface area contributed by atoms with Crippen LogP contribution in [0, 0.1) is 0 Å². The van der Waals surface area contributed by atoms with Crippen LogP contribution in [0.25, 0.3) is 0 Å². The average Bonchev–Trinajstić information content (AvgIpc) is 2.48. The monoisotopic (exact) mass is 289 g/mol.